The van der Waals surface area contributed by atoms with Crippen molar-refractivity contribution in [2.45, 2.75) is 6.92 Å². The largest absolute Gasteiger partial charge is 0.311 e. The number of thiophene rings is 1. The van der Waals surface area contributed by atoms with Gasteiger partial charge in [-0.15, -0.1) is 11.3 Å². The van der Waals surface area contributed by atoms with E-state index in [0.29, 0.717) is 0 Å². The van der Waals surface area contributed by atoms with Crippen molar-refractivity contribution in [3.63, 3.8) is 0 Å². The third kappa shape index (κ3) is 2.47. The van der Waals surface area contributed by atoms with Crippen molar-refractivity contribution in [3.05, 3.63) is 76.0 Å². The van der Waals surface area contributed by atoms with Crippen molar-refractivity contribution in [3.8, 4) is 11.1 Å². The molecule has 1 aromatic heterocycles. The molecule has 24 heavy (non-hydrogen) atoms. The number of carbonyl (C=O) groups is 1. The van der Waals surface area contributed by atoms with Crippen molar-refractivity contribution in [2.24, 2.45) is 0 Å². The lowest BCUT2D eigenvalue weighted by atomic mass is 9.99. The van der Waals surface area contributed by atoms with E-state index in [1.54, 1.807) is 16.2 Å². The maximum absolute atomic E-state index is 12.7. The van der Waals surface area contributed by atoms with E-state index in [4.69, 9.17) is 0 Å². The van der Waals surface area contributed by atoms with E-state index in [0.717, 1.165) is 32.8 Å². The van der Waals surface area contributed by atoms with Crippen LogP contribution in [0.25, 0.3) is 22.8 Å². The van der Waals surface area contributed by atoms with Crippen LogP contribution in [0.15, 0.2) is 60.7 Å². The van der Waals surface area contributed by atoms with Crippen LogP contribution >= 0.6 is 11.3 Å². The quantitative estimate of drug-likeness (QED) is 0.588. The molecule has 0 spiro atoms. The van der Waals surface area contributed by atoms with E-state index < -0.39 is 0 Å². The number of hydrogen-bond donors (Lipinski definition) is 0. The van der Waals surface area contributed by atoms with Crippen molar-refractivity contribution in [1.29, 1.82) is 0 Å². The van der Waals surface area contributed by atoms with Gasteiger partial charge in [-0.25, -0.2) is 0 Å². The van der Waals surface area contributed by atoms with E-state index in [1.807, 2.05) is 37.4 Å². The number of anilines is 1. The lowest BCUT2D eigenvalue weighted by Crippen LogP contribution is -2.20. The summed E-state index contributed by atoms with van der Waals surface area (Å²) in [6.07, 6.45) is 2.01. The Balaban J connectivity index is 1.85. The van der Waals surface area contributed by atoms with Crippen LogP contribution in [-0.2, 0) is 4.79 Å². The number of fused-ring (bicyclic) bond motifs is 1. The molecule has 0 bridgehead atoms. The molecule has 2 heterocycles. The topological polar surface area (TPSA) is 20.3 Å². The molecule has 3 heteroatoms. The number of rotatable bonds is 2. The maximum Gasteiger partial charge on any atom is 0.258 e. The number of carbonyl (C=O) groups excluding carboxylic acids is 1. The second-order valence-corrected chi connectivity index (χ2v) is 7.29. The van der Waals surface area contributed by atoms with Gasteiger partial charge >= 0.3 is 0 Å². The summed E-state index contributed by atoms with van der Waals surface area (Å²) in [7, 11) is 1.84. The molecule has 0 saturated heterocycles. The number of benzene rings is 2. The average Bonchev–Trinajstić information content (AvgIpc) is 3.12. The van der Waals surface area contributed by atoms with Crippen LogP contribution in [0.1, 0.15) is 15.3 Å². The maximum atomic E-state index is 12.7. The van der Waals surface area contributed by atoms with Crippen molar-refractivity contribution in [1.82, 2.24) is 0 Å². The Bertz CT molecular complexity index is 953. The standard InChI is InChI=1S/C21H17NOS/c1-14-8-10-17(24-14)13-19-18-12-16(15-6-4-3-5-7-15)9-11-20(18)22(2)21(19)23/h3-13H,1-2H3/b19-13-. The van der Waals surface area contributed by atoms with Crippen molar-refractivity contribution >= 4 is 34.6 Å². The number of hydrogen-bond acceptors (Lipinski definition) is 2. The zero-order chi connectivity index (χ0) is 16.7. The molecule has 0 atom stereocenters. The number of nitrogens with zero attached hydrogens (tertiary/aromatic N) is 1. The normalized spacial score (nSPS) is 15.2. The summed E-state index contributed by atoms with van der Waals surface area (Å²) in [5, 5.41) is 0. The number of likely N-dealkylation sites (N-methyl/N-ethyl adjacent to an activating group) is 1. The van der Waals surface area contributed by atoms with Gasteiger partial charge in [0, 0.05) is 22.4 Å². The summed E-state index contributed by atoms with van der Waals surface area (Å²) in [5.41, 5.74) is 5.04. The molecule has 0 saturated carbocycles. The van der Waals surface area contributed by atoms with Crippen LogP contribution in [0.2, 0.25) is 0 Å². The van der Waals surface area contributed by atoms with Gasteiger partial charge in [0.15, 0.2) is 0 Å². The first kappa shape index (κ1) is 14.9. The van der Waals surface area contributed by atoms with E-state index in [1.165, 1.54) is 4.88 Å². The van der Waals surface area contributed by atoms with E-state index in [9.17, 15) is 4.79 Å². The highest BCUT2D eigenvalue weighted by Crippen LogP contribution is 2.39. The zero-order valence-electron chi connectivity index (χ0n) is 13.6. The summed E-state index contributed by atoms with van der Waals surface area (Å²) in [5.74, 6) is 0.0567. The van der Waals surface area contributed by atoms with Crippen LogP contribution in [0.5, 0.6) is 0 Å². The average molecular weight is 331 g/mol. The summed E-state index contributed by atoms with van der Waals surface area (Å²) >= 11 is 1.71. The van der Waals surface area contributed by atoms with Crippen LogP contribution in [0, 0.1) is 6.92 Å². The fraction of sp³-hybridized carbons (Fsp3) is 0.0952. The highest BCUT2D eigenvalue weighted by molar-refractivity contribution is 7.12. The van der Waals surface area contributed by atoms with Crippen LogP contribution in [-0.4, -0.2) is 13.0 Å². The Labute approximate surface area is 145 Å². The predicted octanol–water partition coefficient (Wildman–Crippen LogP) is 5.24. The van der Waals surface area contributed by atoms with E-state index >= 15 is 0 Å². The fourth-order valence-corrected chi connectivity index (χ4v) is 3.89. The van der Waals surface area contributed by atoms with Gasteiger partial charge in [-0.1, -0.05) is 36.4 Å². The van der Waals surface area contributed by atoms with Crippen LogP contribution in [0.3, 0.4) is 0 Å². The van der Waals surface area contributed by atoms with Gasteiger partial charge in [-0.3, -0.25) is 4.79 Å². The molecule has 1 amide bonds. The Kier molecular flexibility index (Phi) is 3.58. The summed E-state index contributed by atoms with van der Waals surface area (Å²) in [6.45, 7) is 2.08. The third-order valence-electron chi connectivity index (χ3n) is 4.34. The summed E-state index contributed by atoms with van der Waals surface area (Å²) < 4.78 is 0. The second-order valence-electron chi connectivity index (χ2n) is 5.97. The molecule has 1 aliphatic rings. The number of aryl methyl sites for hydroxylation is 1. The van der Waals surface area contributed by atoms with Crippen LogP contribution in [0.4, 0.5) is 5.69 Å². The zero-order valence-corrected chi connectivity index (χ0v) is 14.4. The molecular weight excluding hydrogens is 314 g/mol. The Hall–Kier alpha value is -2.65. The first-order chi connectivity index (χ1) is 11.6. The molecule has 0 fully saturated rings. The van der Waals surface area contributed by atoms with E-state index in [-0.39, 0.29) is 5.91 Å². The molecular formula is C21H17NOS. The number of amides is 1. The second kappa shape index (κ2) is 5.77. The molecule has 2 nitrogen and oxygen atoms in total. The van der Waals surface area contributed by atoms with Gasteiger partial charge in [0.1, 0.15) is 0 Å². The van der Waals surface area contributed by atoms with Gasteiger partial charge in [0.05, 0.1) is 11.3 Å². The lowest BCUT2D eigenvalue weighted by Gasteiger charge is -2.10. The Morgan fingerprint density at radius 2 is 1.75 bits per heavy atom. The summed E-state index contributed by atoms with van der Waals surface area (Å²) in [6, 6.07) is 20.7. The highest BCUT2D eigenvalue weighted by Gasteiger charge is 2.30. The molecule has 118 valence electrons. The highest BCUT2D eigenvalue weighted by atomic mass is 32.1. The Morgan fingerprint density at radius 3 is 2.46 bits per heavy atom. The predicted molar refractivity (Wildman–Crippen MR) is 102 cm³/mol. The third-order valence-corrected chi connectivity index (χ3v) is 5.29. The molecule has 3 aromatic rings. The van der Waals surface area contributed by atoms with Crippen molar-refractivity contribution < 1.29 is 4.79 Å². The van der Waals surface area contributed by atoms with E-state index in [2.05, 4.69) is 43.3 Å². The molecule has 1 aliphatic heterocycles. The fourth-order valence-electron chi connectivity index (χ4n) is 3.07. The van der Waals surface area contributed by atoms with Gasteiger partial charge in [-0.05, 0) is 48.4 Å². The molecule has 0 radical (unpaired) electrons. The first-order valence-electron chi connectivity index (χ1n) is 7.89. The summed E-state index contributed by atoms with van der Waals surface area (Å²) in [4.78, 5) is 16.8. The first-order valence-corrected chi connectivity index (χ1v) is 8.71. The molecule has 0 N–H and O–H groups in total. The van der Waals surface area contributed by atoms with Gasteiger partial charge in [-0.2, -0.15) is 0 Å². The molecule has 4 rings (SSSR count). The lowest BCUT2D eigenvalue weighted by molar-refractivity contribution is -0.112. The minimum atomic E-state index is 0.0567. The minimum absolute atomic E-state index is 0.0567. The molecule has 2 aromatic carbocycles. The molecule has 0 unspecified atom stereocenters. The van der Waals surface area contributed by atoms with Gasteiger partial charge in [0.25, 0.3) is 5.91 Å². The SMILES string of the molecule is Cc1ccc(/C=C2\C(=O)N(C)c3ccc(-c4ccccc4)cc32)s1. The minimum Gasteiger partial charge on any atom is -0.311 e. The van der Waals surface area contributed by atoms with Crippen LogP contribution < -0.4 is 4.90 Å². The molecule has 0 aliphatic carbocycles. The van der Waals surface area contributed by atoms with Crippen molar-refractivity contribution in [2.75, 3.05) is 11.9 Å². The van der Waals surface area contributed by atoms with Gasteiger partial charge in [0.2, 0.25) is 0 Å². The monoisotopic (exact) mass is 331 g/mol. The Morgan fingerprint density at radius 1 is 0.958 bits per heavy atom. The van der Waals surface area contributed by atoms with Gasteiger partial charge < -0.3 is 4.90 Å². The smallest absolute Gasteiger partial charge is 0.258 e.